The summed E-state index contributed by atoms with van der Waals surface area (Å²) < 4.78 is 30.0. The number of aromatic nitrogens is 2. The molecule has 130 valence electrons. The molecule has 2 aliphatic rings. The van der Waals surface area contributed by atoms with E-state index in [2.05, 4.69) is 10.2 Å². The third kappa shape index (κ3) is 3.00. The van der Waals surface area contributed by atoms with Crippen LogP contribution in [-0.4, -0.2) is 47.4 Å². The largest absolute Gasteiger partial charge is 0.488 e. The fourth-order valence-corrected chi connectivity index (χ4v) is 2.95. The molecule has 1 saturated heterocycles. The Morgan fingerprint density at radius 1 is 1.36 bits per heavy atom. The van der Waals surface area contributed by atoms with Crippen LogP contribution in [0, 0.1) is 12.7 Å². The summed E-state index contributed by atoms with van der Waals surface area (Å²) in [5.74, 6) is 0.743. The first kappa shape index (κ1) is 15.8. The number of nitrogens with zero attached hydrogens (tertiary/aromatic N) is 3. The van der Waals surface area contributed by atoms with E-state index in [9.17, 15) is 9.18 Å². The summed E-state index contributed by atoms with van der Waals surface area (Å²) in [6.07, 6.45) is 1.66. The van der Waals surface area contributed by atoms with Crippen molar-refractivity contribution in [2.24, 2.45) is 0 Å². The summed E-state index contributed by atoms with van der Waals surface area (Å²) in [5.41, 5.74) is 0.995. The minimum Gasteiger partial charge on any atom is -0.488 e. The Morgan fingerprint density at radius 3 is 3.04 bits per heavy atom. The second-order valence-corrected chi connectivity index (χ2v) is 5.89. The van der Waals surface area contributed by atoms with E-state index in [1.165, 1.54) is 12.1 Å². The number of amides is 1. The van der Waals surface area contributed by atoms with Crippen LogP contribution >= 0.6 is 0 Å². The fourth-order valence-electron chi connectivity index (χ4n) is 2.95. The quantitative estimate of drug-likeness (QED) is 0.827. The highest BCUT2D eigenvalue weighted by Crippen LogP contribution is 2.30. The van der Waals surface area contributed by atoms with E-state index < -0.39 is 6.04 Å². The SMILES string of the molecule is Cc1nnc([C@@H]2COCCN2C(=O)C2=Cc3cc(F)ccc3OC2)o1. The van der Waals surface area contributed by atoms with Crippen LogP contribution < -0.4 is 4.74 Å². The molecule has 1 aromatic heterocycles. The lowest BCUT2D eigenvalue weighted by molar-refractivity contribution is -0.137. The monoisotopic (exact) mass is 345 g/mol. The number of carbonyl (C=O) groups is 1. The summed E-state index contributed by atoms with van der Waals surface area (Å²) in [4.78, 5) is 14.6. The molecular formula is C17H16FN3O4. The van der Waals surface area contributed by atoms with Gasteiger partial charge in [0, 0.05) is 19.0 Å². The van der Waals surface area contributed by atoms with Gasteiger partial charge in [-0.05, 0) is 24.3 Å². The Kier molecular flexibility index (Phi) is 3.96. The highest BCUT2D eigenvalue weighted by molar-refractivity contribution is 5.99. The van der Waals surface area contributed by atoms with Gasteiger partial charge in [-0.3, -0.25) is 4.79 Å². The number of hydrogen-bond acceptors (Lipinski definition) is 6. The molecule has 1 fully saturated rings. The lowest BCUT2D eigenvalue weighted by Crippen LogP contribution is -2.45. The van der Waals surface area contributed by atoms with Gasteiger partial charge in [0.2, 0.25) is 11.8 Å². The van der Waals surface area contributed by atoms with E-state index in [4.69, 9.17) is 13.9 Å². The Hall–Kier alpha value is -2.74. The first-order valence-electron chi connectivity index (χ1n) is 7.93. The number of benzene rings is 1. The number of aryl methyl sites for hydroxylation is 1. The number of morpholine rings is 1. The van der Waals surface area contributed by atoms with E-state index in [1.54, 1.807) is 24.0 Å². The van der Waals surface area contributed by atoms with Crippen molar-refractivity contribution in [1.82, 2.24) is 15.1 Å². The van der Waals surface area contributed by atoms with Crippen LogP contribution in [0.15, 0.2) is 28.2 Å². The first-order chi connectivity index (χ1) is 12.1. The number of carbonyl (C=O) groups excluding carboxylic acids is 1. The van der Waals surface area contributed by atoms with Crippen molar-refractivity contribution in [3.63, 3.8) is 0 Å². The molecule has 25 heavy (non-hydrogen) atoms. The van der Waals surface area contributed by atoms with E-state index in [0.29, 0.717) is 41.8 Å². The average Bonchev–Trinajstić information content (AvgIpc) is 3.06. The maximum atomic E-state index is 13.4. The highest BCUT2D eigenvalue weighted by atomic mass is 19.1. The topological polar surface area (TPSA) is 77.7 Å². The van der Waals surface area contributed by atoms with Gasteiger partial charge < -0.3 is 18.8 Å². The van der Waals surface area contributed by atoms with E-state index in [1.807, 2.05) is 0 Å². The molecule has 0 spiro atoms. The summed E-state index contributed by atoms with van der Waals surface area (Å²) in [6.45, 7) is 2.93. The third-order valence-electron chi connectivity index (χ3n) is 4.18. The van der Waals surface area contributed by atoms with Crippen molar-refractivity contribution < 1.29 is 23.1 Å². The molecule has 4 rings (SSSR count). The number of rotatable bonds is 2. The van der Waals surface area contributed by atoms with Crippen LogP contribution in [0.4, 0.5) is 4.39 Å². The summed E-state index contributed by atoms with van der Waals surface area (Å²) in [5, 5.41) is 7.82. The Bertz CT molecular complexity index is 848. The summed E-state index contributed by atoms with van der Waals surface area (Å²) in [7, 11) is 0. The second kappa shape index (κ2) is 6.29. The third-order valence-corrected chi connectivity index (χ3v) is 4.18. The lowest BCUT2D eigenvalue weighted by Gasteiger charge is -2.34. The predicted molar refractivity (Wildman–Crippen MR) is 84.2 cm³/mol. The van der Waals surface area contributed by atoms with Crippen molar-refractivity contribution in [3.8, 4) is 5.75 Å². The minimum atomic E-state index is -0.447. The smallest absolute Gasteiger partial charge is 0.254 e. The molecule has 0 aliphatic carbocycles. The number of halogens is 1. The molecule has 1 atom stereocenters. The zero-order valence-corrected chi connectivity index (χ0v) is 13.6. The van der Waals surface area contributed by atoms with Crippen molar-refractivity contribution in [2.45, 2.75) is 13.0 Å². The average molecular weight is 345 g/mol. The fraction of sp³-hybridized carbons (Fsp3) is 0.353. The molecule has 1 aromatic carbocycles. The maximum absolute atomic E-state index is 13.4. The van der Waals surface area contributed by atoms with Crippen LogP contribution in [0.25, 0.3) is 6.08 Å². The maximum Gasteiger partial charge on any atom is 0.254 e. The van der Waals surface area contributed by atoms with Gasteiger partial charge in [-0.15, -0.1) is 10.2 Å². The van der Waals surface area contributed by atoms with E-state index >= 15 is 0 Å². The first-order valence-corrected chi connectivity index (χ1v) is 7.93. The molecule has 2 aliphatic heterocycles. The van der Waals surface area contributed by atoms with Crippen molar-refractivity contribution in [3.05, 3.63) is 46.9 Å². The Balaban J connectivity index is 1.62. The Morgan fingerprint density at radius 2 is 2.24 bits per heavy atom. The van der Waals surface area contributed by atoms with Gasteiger partial charge in [-0.2, -0.15) is 0 Å². The van der Waals surface area contributed by atoms with Crippen LogP contribution in [0.1, 0.15) is 23.4 Å². The van der Waals surface area contributed by atoms with Crippen molar-refractivity contribution >= 4 is 12.0 Å². The summed E-state index contributed by atoms with van der Waals surface area (Å²) in [6, 6.07) is 3.79. The van der Waals surface area contributed by atoms with Gasteiger partial charge in [-0.25, -0.2) is 4.39 Å². The molecule has 1 amide bonds. The van der Waals surface area contributed by atoms with Crippen LogP contribution in [0.3, 0.4) is 0 Å². The molecule has 0 N–H and O–H groups in total. The molecule has 0 unspecified atom stereocenters. The molecule has 0 bridgehead atoms. The van der Waals surface area contributed by atoms with Crippen molar-refractivity contribution in [1.29, 1.82) is 0 Å². The van der Waals surface area contributed by atoms with Gasteiger partial charge in [-0.1, -0.05) is 0 Å². The van der Waals surface area contributed by atoms with Crippen molar-refractivity contribution in [2.75, 3.05) is 26.4 Å². The van der Waals surface area contributed by atoms with Gasteiger partial charge in [0.15, 0.2) is 0 Å². The number of fused-ring (bicyclic) bond motifs is 1. The Labute approximate surface area is 143 Å². The standard InChI is InChI=1S/C17H16FN3O4/c1-10-19-20-16(25-10)14-9-23-5-4-21(14)17(22)12-6-11-7-13(18)2-3-15(11)24-8-12/h2-3,6-7,14H,4-5,8-9H2,1H3/t14-/m0/s1. The minimum absolute atomic E-state index is 0.129. The van der Waals surface area contributed by atoms with Gasteiger partial charge >= 0.3 is 0 Å². The summed E-state index contributed by atoms with van der Waals surface area (Å²) >= 11 is 0. The molecule has 3 heterocycles. The van der Waals surface area contributed by atoms with Gasteiger partial charge in [0.1, 0.15) is 24.2 Å². The van der Waals surface area contributed by atoms with Gasteiger partial charge in [0.05, 0.1) is 18.8 Å². The number of ether oxygens (including phenoxy) is 2. The molecular weight excluding hydrogens is 329 g/mol. The zero-order valence-electron chi connectivity index (χ0n) is 13.6. The molecule has 8 heteroatoms. The van der Waals surface area contributed by atoms with Crippen LogP contribution in [0.5, 0.6) is 5.75 Å². The highest BCUT2D eigenvalue weighted by Gasteiger charge is 2.34. The van der Waals surface area contributed by atoms with Crippen LogP contribution in [0.2, 0.25) is 0 Å². The normalized spacial score (nSPS) is 19.8. The second-order valence-electron chi connectivity index (χ2n) is 5.89. The van der Waals surface area contributed by atoms with Crippen LogP contribution in [-0.2, 0) is 9.53 Å². The van der Waals surface area contributed by atoms with E-state index in [-0.39, 0.29) is 24.9 Å². The number of hydrogen-bond donors (Lipinski definition) is 0. The zero-order chi connectivity index (χ0) is 17.4. The predicted octanol–water partition coefficient (Wildman–Crippen LogP) is 1.89. The van der Waals surface area contributed by atoms with Gasteiger partial charge in [0.25, 0.3) is 5.91 Å². The van der Waals surface area contributed by atoms with E-state index in [0.717, 1.165) is 0 Å². The molecule has 2 aromatic rings. The lowest BCUT2D eigenvalue weighted by atomic mass is 10.1. The molecule has 7 nitrogen and oxygen atoms in total. The molecule has 0 saturated carbocycles. The molecule has 0 radical (unpaired) electrons.